The van der Waals surface area contributed by atoms with Crippen molar-refractivity contribution in [3.8, 4) is 11.5 Å². The van der Waals surface area contributed by atoms with Gasteiger partial charge in [-0.1, -0.05) is 6.07 Å². The fourth-order valence-electron chi connectivity index (χ4n) is 3.25. The van der Waals surface area contributed by atoms with Crippen molar-refractivity contribution >= 4 is 12.0 Å². The molecule has 122 valence electrons. The van der Waals surface area contributed by atoms with Crippen molar-refractivity contribution in [2.24, 2.45) is 0 Å². The van der Waals surface area contributed by atoms with Crippen molar-refractivity contribution in [3.63, 3.8) is 0 Å². The number of hydrogen-bond acceptors (Lipinski definition) is 4. The molecule has 2 fully saturated rings. The molecule has 1 aromatic carbocycles. The predicted molar refractivity (Wildman–Crippen MR) is 87.4 cm³/mol. The Balaban J connectivity index is 1.37. The quantitative estimate of drug-likeness (QED) is 0.802. The van der Waals surface area contributed by atoms with Crippen LogP contribution in [-0.4, -0.2) is 54.7 Å². The maximum atomic E-state index is 12.4. The third kappa shape index (κ3) is 3.34. The van der Waals surface area contributed by atoms with Crippen LogP contribution in [0.2, 0.25) is 0 Å². The van der Waals surface area contributed by atoms with Crippen LogP contribution in [0.4, 0.5) is 0 Å². The Hall–Kier alpha value is -2.01. The molecule has 0 unspecified atom stereocenters. The molecule has 5 heteroatoms. The second kappa shape index (κ2) is 6.24. The maximum Gasteiger partial charge on any atom is 0.246 e. The highest BCUT2D eigenvalue weighted by Crippen LogP contribution is 2.32. The molecule has 1 saturated heterocycles. The summed E-state index contributed by atoms with van der Waals surface area (Å²) >= 11 is 0. The summed E-state index contributed by atoms with van der Waals surface area (Å²) in [6, 6.07) is 6.51. The van der Waals surface area contributed by atoms with E-state index in [4.69, 9.17) is 9.47 Å². The lowest BCUT2D eigenvalue weighted by Gasteiger charge is -2.20. The number of benzene rings is 1. The van der Waals surface area contributed by atoms with E-state index in [1.165, 1.54) is 12.8 Å². The van der Waals surface area contributed by atoms with Gasteiger partial charge in [0, 0.05) is 38.3 Å². The Labute approximate surface area is 136 Å². The Morgan fingerprint density at radius 2 is 1.96 bits per heavy atom. The van der Waals surface area contributed by atoms with Gasteiger partial charge in [-0.15, -0.1) is 0 Å². The van der Waals surface area contributed by atoms with Gasteiger partial charge in [0.15, 0.2) is 11.5 Å². The van der Waals surface area contributed by atoms with Crippen molar-refractivity contribution in [1.29, 1.82) is 0 Å². The zero-order valence-corrected chi connectivity index (χ0v) is 13.2. The summed E-state index contributed by atoms with van der Waals surface area (Å²) in [5.41, 5.74) is 0.956. The Bertz CT molecular complexity index is 625. The van der Waals surface area contributed by atoms with Gasteiger partial charge in [0.1, 0.15) is 0 Å². The van der Waals surface area contributed by atoms with Gasteiger partial charge in [0.25, 0.3) is 0 Å². The lowest BCUT2D eigenvalue weighted by Crippen LogP contribution is -2.34. The molecule has 0 bridgehead atoms. The summed E-state index contributed by atoms with van der Waals surface area (Å²) in [5.74, 6) is 1.61. The van der Waals surface area contributed by atoms with Gasteiger partial charge in [-0.25, -0.2) is 0 Å². The normalized spacial score (nSPS) is 21.7. The van der Waals surface area contributed by atoms with Crippen molar-refractivity contribution in [3.05, 3.63) is 29.8 Å². The second-order valence-corrected chi connectivity index (χ2v) is 6.39. The minimum atomic E-state index is 0.0975. The molecule has 23 heavy (non-hydrogen) atoms. The fraction of sp³-hybridized carbons (Fsp3) is 0.500. The molecule has 0 atom stereocenters. The Morgan fingerprint density at radius 3 is 2.83 bits per heavy atom. The molecule has 5 nitrogen and oxygen atoms in total. The standard InChI is InChI=1S/C18H22N2O3/c21-18(20-9-1-8-19(10-11-20)15-4-5-15)7-3-14-2-6-16-17(12-14)23-13-22-16/h2-3,6-7,12,15H,1,4-5,8-11,13H2/b7-3+. The van der Waals surface area contributed by atoms with Crippen LogP contribution in [0, 0.1) is 0 Å². The van der Waals surface area contributed by atoms with Gasteiger partial charge in [0.05, 0.1) is 0 Å². The van der Waals surface area contributed by atoms with E-state index in [1.54, 1.807) is 6.08 Å². The first-order chi connectivity index (χ1) is 11.3. The third-order valence-electron chi connectivity index (χ3n) is 4.72. The van der Waals surface area contributed by atoms with Gasteiger partial charge < -0.3 is 14.4 Å². The average Bonchev–Trinajstić information content (AvgIpc) is 3.34. The number of amides is 1. The smallest absolute Gasteiger partial charge is 0.246 e. The van der Waals surface area contributed by atoms with Crippen LogP contribution in [0.15, 0.2) is 24.3 Å². The number of carbonyl (C=O) groups is 1. The molecule has 1 aliphatic carbocycles. The summed E-state index contributed by atoms with van der Waals surface area (Å²) < 4.78 is 10.7. The van der Waals surface area contributed by atoms with E-state index in [0.29, 0.717) is 0 Å². The fourth-order valence-corrected chi connectivity index (χ4v) is 3.25. The van der Waals surface area contributed by atoms with Crippen molar-refractivity contribution in [2.75, 3.05) is 33.0 Å². The zero-order chi connectivity index (χ0) is 15.6. The molecule has 0 radical (unpaired) electrons. The Kier molecular flexibility index (Phi) is 3.95. The minimum Gasteiger partial charge on any atom is -0.454 e. The molecule has 2 aliphatic heterocycles. The van der Waals surface area contributed by atoms with Crippen LogP contribution in [0.3, 0.4) is 0 Å². The molecule has 0 aromatic heterocycles. The molecule has 4 rings (SSSR count). The van der Waals surface area contributed by atoms with Crippen molar-refractivity contribution < 1.29 is 14.3 Å². The summed E-state index contributed by atoms with van der Waals surface area (Å²) in [4.78, 5) is 16.9. The zero-order valence-electron chi connectivity index (χ0n) is 13.2. The van der Waals surface area contributed by atoms with E-state index in [2.05, 4.69) is 4.90 Å². The van der Waals surface area contributed by atoms with Gasteiger partial charge in [-0.3, -0.25) is 9.69 Å². The number of rotatable bonds is 3. The van der Waals surface area contributed by atoms with Crippen LogP contribution >= 0.6 is 0 Å². The summed E-state index contributed by atoms with van der Waals surface area (Å²) in [5, 5.41) is 0. The van der Waals surface area contributed by atoms with Gasteiger partial charge in [-0.05, 0) is 43.0 Å². The molecule has 0 spiro atoms. The lowest BCUT2D eigenvalue weighted by molar-refractivity contribution is -0.125. The predicted octanol–water partition coefficient (Wildman–Crippen LogP) is 2.13. The van der Waals surface area contributed by atoms with E-state index in [0.717, 1.165) is 55.7 Å². The molecule has 2 heterocycles. The van der Waals surface area contributed by atoms with Crippen molar-refractivity contribution in [1.82, 2.24) is 9.80 Å². The first-order valence-corrected chi connectivity index (χ1v) is 8.40. The second-order valence-electron chi connectivity index (χ2n) is 6.39. The molecular weight excluding hydrogens is 292 g/mol. The number of carbonyl (C=O) groups excluding carboxylic acids is 1. The highest BCUT2D eigenvalue weighted by atomic mass is 16.7. The number of ether oxygens (including phenoxy) is 2. The number of nitrogens with zero attached hydrogens (tertiary/aromatic N) is 2. The lowest BCUT2D eigenvalue weighted by atomic mass is 10.2. The van der Waals surface area contributed by atoms with Crippen LogP contribution in [0.1, 0.15) is 24.8 Å². The average molecular weight is 314 g/mol. The molecule has 1 amide bonds. The first-order valence-electron chi connectivity index (χ1n) is 8.40. The van der Waals surface area contributed by atoms with Crippen LogP contribution in [0.5, 0.6) is 11.5 Å². The molecular formula is C18H22N2O3. The van der Waals surface area contributed by atoms with Crippen LogP contribution < -0.4 is 9.47 Å². The topological polar surface area (TPSA) is 42.0 Å². The van der Waals surface area contributed by atoms with Gasteiger partial charge in [-0.2, -0.15) is 0 Å². The maximum absolute atomic E-state index is 12.4. The molecule has 0 N–H and O–H groups in total. The SMILES string of the molecule is O=C(/C=C/c1ccc2c(c1)OCO2)N1CCCN(C2CC2)CC1. The van der Waals surface area contributed by atoms with Crippen LogP contribution in [-0.2, 0) is 4.79 Å². The summed E-state index contributed by atoms with van der Waals surface area (Å²) in [7, 11) is 0. The monoisotopic (exact) mass is 314 g/mol. The van der Waals surface area contributed by atoms with E-state index in [9.17, 15) is 4.79 Å². The Morgan fingerprint density at radius 1 is 1.09 bits per heavy atom. The molecule has 3 aliphatic rings. The summed E-state index contributed by atoms with van der Waals surface area (Å²) in [6.07, 6.45) is 7.26. The first kappa shape index (κ1) is 14.6. The number of fused-ring (bicyclic) bond motifs is 1. The largest absolute Gasteiger partial charge is 0.454 e. The minimum absolute atomic E-state index is 0.0975. The number of hydrogen-bond donors (Lipinski definition) is 0. The van der Waals surface area contributed by atoms with Gasteiger partial charge >= 0.3 is 0 Å². The van der Waals surface area contributed by atoms with E-state index < -0.39 is 0 Å². The van der Waals surface area contributed by atoms with E-state index in [1.807, 2.05) is 29.2 Å². The van der Waals surface area contributed by atoms with Crippen molar-refractivity contribution in [2.45, 2.75) is 25.3 Å². The van der Waals surface area contributed by atoms with E-state index in [-0.39, 0.29) is 12.7 Å². The summed E-state index contributed by atoms with van der Waals surface area (Å²) in [6.45, 7) is 4.09. The molecule has 1 saturated carbocycles. The third-order valence-corrected chi connectivity index (χ3v) is 4.72. The van der Waals surface area contributed by atoms with Crippen LogP contribution in [0.25, 0.3) is 6.08 Å². The highest BCUT2D eigenvalue weighted by Gasteiger charge is 2.30. The molecule has 1 aromatic rings. The van der Waals surface area contributed by atoms with E-state index >= 15 is 0 Å². The van der Waals surface area contributed by atoms with Gasteiger partial charge in [0.2, 0.25) is 12.7 Å². The highest BCUT2D eigenvalue weighted by molar-refractivity contribution is 5.91.